The quantitative estimate of drug-likeness (QED) is 0.756. The van der Waals surface area contributed by atoms with Gasteiger partial charge in [0, 0.05) is 26.3 Å². The fourth-order valence-corrected chi connectivity index (χ4v) is 3.23. The second-order valence-corrected chi connectivity index (χ2v) is 6.42. The summed E-state index contributed by atoms with van der Waals surface area (Å²) in [5.74, 6) is -0.654. The van der Waals surface area contributed by atoms with E-state index >= 15 is 0 Å². The Bertz CT molecular complexity index is 391. The molecule has 2 aliphatic rings. The van der Waals surface area contributed by atoms with Gasteiger partial charge in [-0.3, -0.25) is 9.59 Å². The van der Waals surface area contributed by atoms with E-state index < -0.39 is 11.4 Å². The van der Waals surface area contributed by atoms with Crippen molar-refractivity contribution in [3.63, 3.8) is 0 Å². The molecule has 5 heteroatoms. The molecule has 1 aliphatic heterocycles. The lowest BCUT2D eigenvalue weighted by atomic mass is 9.66. The largest absolute Gasteiger partial charge is 0.481 e. The molecule has 20 heavy (non-hydrogen) atoms. The van der Waals surface area contributed by atoms with Crippen LogP contribution in [0.1, 0.15) is 46.0 Å². The van der Waals surface area contributed by atoms with Crippen molar-refractivity contribution < 1.29 is 19.4 Å². The molecule has 0 bridgehead atoms. The minimum Gasteiger partial charge on any atom is -0.481 e. The molecule has 0 spiro atoms. The SMILES string of the molecule is CCOCCC1(C(=O)N2CCC(C)(C(=O)O)C2)CCC1. The summed E-state index contributed by atoms with van der Waals surface area (Å²) in [4.78, 5) is 25.8. The molecule has 1 saturated heterocycles. The molecule has 1 saturated carbocycles. The second-order valence-electron chi connectivity index (χ2n) is 6.42. The highest BCUT2D eigenvalue weighted by atomic mass is 16.5. The van der Waals surface area contributed by atoms with Crippen molar-refractivity contribution in [1.82, 2.24) is 4.90 Å². The van der Waals surface area contributed by atoms with E-state index in [-0.39, 0.29) is 11.3 Å². The Morgan fingerprint density at radius 1 is 1.30 bits per heavy atom. The van der Waals surface area contributed by atoms with Gasteiger partial charge in [0.2, 0.25) is 5.91 Å². The number of carbonyl (C=O) groups excluding carboxylic acids is 1. The van der Waals surface area contributed by atoms with Crippen LogP contribution in [0.25, 0.3) is 0 Å². The summed E-state index contributed by atoms with van der Waals surface area (Å²) < 4.78 is 5.39. The lowest BCUT2D eigenvalue weighted by Crippen LogP contribution is -2.48. The summed E-state index contributed by atoms with van der Waals surface area (Å²) in [6.07, 6.45) is 4.23. The van der Waals surface area contributed by atoms with Crippen molar-refractivity contribution in [1.29, 1.82) is 0 Å². The van der Waals surface area contributed by atoms with Crippen LogP contribution in [0.5, 0.6) is 0 Å². The first-order valence-electron chi connectivity index (χ1n) is 7.54. The van der Waals surface area contributed by atoms with Crippen LogP contribution >= 0.6 is 0 Å². The molecule has 0 aromatic rings. The zero-order valence-electron chi connectivity index (χ0n) is 12.5. The summed E-state index contributed by atoms with van der Waals surface area (Å²) in [5.41, 5.74) is -1.06. The normalized spacial score (nSPS) is 28.2. The number of hydrogen-bond acceptors (Lipinski definition) is 3. The fourth-order valence-electron chi connectivity index (χ4n) is 3.23. The molecular formula is C15H25NO4. The van der Waals surface area contributed by atoms with Crippen LogP contribution in [0.15, 0.2) is 0 Å². The predicted molar refractivity (Wildman–Crippen MR) is 74.3 cm³/mol. The number of hydrogen-bond donors (Lipinski definition) is 1. The van der Waals surface area contributed by atoms with Crippen LogP contribution < -0.4 is 0 Å². The highest BCUT2D eigenvalue weighted by molar-refractivity contribution is 5.85. The lowest BCUT2D eigenvalue weighted by molar-refractivity contribution is -0.151. The van der Waals surface area contributed by atoms with E-state index in [2.05, 4.69) is 0 Å². The Balaban J connectivity index is 1.98. The molecule has 114 valence electrons. The van der Waals surface area contributed by atoms with Crippen molar-refractivity contribution in [2.75, 3.05) is 26.3 Å². The van der Waals surface area contributed by atoms with Crippen molar-refractivity contribution in [2.24, 2.45) is 10.8 Å². The van der Waals surface area contributed by atoms with Gasteiger partial charge in [0.25, 0.3) is 0 Å². The summed E-state index contributed by atoms with van der Waals surface area (Å²) in [6.45, 7) is 5.89. The Kier molecular flexibility index (Phi) is 4.37. The monoisotopic (exact) mass is 283 g/mol. The summed E-state index contributed by atoms with van der Waals surface area (Å²) in [5, 5.41) is 9.26. The van der Waals surface area contributed by atoms with Gasteiger partial charge in [-0.15, -0.1) is 0 Å². The van der Waals surface area contributed by atoms with E-state index in [9.17, 15) is 14.7 Å². The van der Waals surface area contributed by atoms with E-state index in [4.69, 9.17) is 4.74 Å². The van der Waals surface area contributed by atoms with Gasteiger partial charge in [-0.1, -0.05) is 6.42 Å². The predicted octanol–water partition coefficient (Wildman–Crippen LogP) is 1.91. The molecule has 5 nitrogen and oxygen atoms in total. The molecule has 2 rings (SSSR count). The third kappa shape index (κ3) is 2.68. The maximum Gasteiger partial charge on any atom is 0.311 e. The molecular weight excluding hydrogens is 258 g/mol. The second kappa shape index (κ2) is 5.72. The number of nitrogens with zero attached hydrogens (tertiary/aromatic N) is 1. The number of amides is 1. The number of carboxylic acids is 1. The van der Waals surface area contributed by atoms with Crippen LogP contribution in [0.3, 0.4) is 0 Å². The minimum atomic E-state index is -0.801. The molecule has 1 atom stereocenters. The number of likely N-dealkylation sites (tertiary alicyclic amines) is 1. The van der Waals surface area contributed by atoms with Gasteiger partial charge in [-0.2, -0.15) is 0 Å². The standard InChI is InChI=1S/C15H25NO4/c1-3-20-10-8-15(5-4-6-15)12(17)16-9-7-14(2,11-16)13(18)19/h3-11H2,1-2H3,(H,18,19). The van der Waals surface area contributed by atoms with Gasteiger partial charge >= 0.3 is 5.97 Å². The summed E-state index contributed by atoms with van der Waals surface area (Å²) in [6, 6.07) is 0. The van der Waals surface area contributed by atoms with Gasteiger partial charge in [0.15, 0.2) is 0 Å². The Morgan fingerprint density at radius 2 is 2.00 bits per heavy atom. The first-order valence-corrected chi connectivity index (χ1v) is 7.54. The number of aliphatic carboxylic acids is 1. The van der Waals surface area contributed by atoms with Crippen LogP contribution in [-0.4, -0.2) is 48.2 Å². The first kappa shape index (κ1) is 15.3. The van der Waals surface area contributed by atoms with Gasteiger partial charge in [-0.05, 0) is 39.5 Å². The molecule has 0 aromatic carbocycles. The average molecular weight is 283 g/mol. The molecule has 1 N–H and O–H groups in total. The number of rotatable bonds is 6. The third-order valence-electron chi connectivity index (χ3n) is 4.97. The van der Waals surface area contributed by atoms with E-state index in [0.29, 0.717) is 32.7 Å². The van der Waals surface area contributed by atoms with Gasteiger partial charge in [0.1, 0.15) is 0 Å². The Morgan fingerprint density at radius 3 is 2.45 bits per heavy atom. The highest BCUT2D eigenvalue weighted by Gasteiger charge is 2.50. The smallest absolute Gasteiger partial charge is 0.311 e. The highest BCUT2D eigenvalue weighted by Crippen LogP contribution is 2.47. The van der Waals surface area contributed by atoms with E-state index in [1.807, 2.05) is 6.92 Å². The zero-order valence-corrected chi connectivity index (χ0v) is 12.5. The van der Waals surface area contributed by atoms with Gasteiger partial charge in [-0.25, -0.2) is 0 Å². The zero-order chi connectivity index (χ0) is 14.8. The molecule has 1 heterocycles. The summed E-state index contributed by atoms with van der Waals surface area (Å²) >= 11 is 0. The van der Waals surface area contributed by atoms with Crippen LogP contribution in [0.4, 0.5) is 0 Å². The molecule has 2 fully saturated rings. The average Bonchev–Trinajstić information content (AvgIpc) is 2.76. The molecule has 1 aliphatic carbocycles. The number of ether oxygens (including phenoxy) is 1. The van der Waals surface area contributed by atoms with E-state index in [1.165, 1.54) is 0 Å². The van der Waals surface area contributed by atoms with Gasteiger partial charge in [0.05, 0.1) is 10.8 Å². The van der Waals surface area contributed by atoms with Crippen molar-refractivity contribution in [2.45, 2.75) is 46.0 Å². The molecule has 1 unspecified atom stereocenters. The van der Waals surface area contributed by atoms with Crippen molar-refractivity contribution in [3.8, 4) is 0 Å². The van der Waals surface area contributed by atoms with Crippen LogP contribution in [0, 0.1) is 10.8 Å². The van der Waals surface area contributed by atoms with Crippen LogP contribution in [-0.2, 0) is 14.3 Å². The molecule has 0 aromatic heterocycles. The third-order valence-corrected chi connectivity index (χ3v) is 4.97. The van der Waals surface area contributed by atoms with Crippen molar-refractivity contribution >= 4 is 11.9 Å². The van der Waals surface area contributed by atoms with E-state index in [0.717, 1.165) is 25.7 Å². The maximum absolute atomic E-state index is 12.7. The van der Waals surface area contributed by atoms with Crippen molar-refractivity contribution in [3.05, 3.63) is 0 Å². The van der Waals surface area contributed by atoms with Gasteiger partial charge < -0.3 is 14.7 Å². The minimum absolute atomic E-state index is 0.147. The first-order chi connectivity index (χ1) is 9.43. The Hall–Kier alpha value is -1.10. The van der Waals surface area contributed by atoms with E-state index in [1.54, 1.807) is 11.8 Å². The Labute approximate surface area is 120 Å². The lowest BCUT2D eigenvalue weighted by Gasteiger charge is -2.43. The number of carbonyl (C=O) groups is 2. The topological polar surface area (TPSA) is 66.8 Å². The maximum atomic E-state index is 12.7. The number of carboxylic acid groups (broad SMARTS) is 1. The fraction of sp³-hybridized carbons (Fsp3) is 0.867. The van der Waals surface area contributed by atoms with Crippen LogP contribution in [0.2, 0.25) is 0 Å². The molecule has 1 amide bonds. The summed E-state index contributed by atoms with van der Waals surface area (Å²) in [7, 11) is 0. The molecule has 0 radical (unpaired) electrons.